The van der Waals surface area contributed by atoms with Crippen molar-refractivity contribution < 1.29 is 12.4 Å². The molecule has 1 aromatic rings. The summed E-state index contributed by atoms with van der Waals surface area (Å²) in [6, 6.07) is 8.39. The molecule has 17 heavy (non-hydrogen) atoms. The van der Waals surface area contributed by atoms with E-state index in [0.717, 1.165) is 0 Å². The molecular weight excluding hydrogens is 234 g/mol. The van der Waals surface area contributed by atoms with Gasteiger partial charge in [0.1, 0.15) is 0 Å². The average Bonchev–Trinajstić information content (AvgIpc) is 2.39. The van der Waals surface area contributed by atoms with Crippen LogP contribution in [-0.2, 0) is 0 Å². The van der Waals surface area contributed by atoms with Crippen LogP contribution in [-0.4, -0.2) is 13.1 Å². The fourth-order valence-electron chi connectivity index (χ4n) is 2.43. The maximum atomic E-state index is 8.63. The molecule has 0 amide bonds. The first-order chi connectivity index (χ1) is 7.81. The lowest BCUT2D eigenvalue weighted by molar-refractivity contribution is -0.00000355. The molecule has 1 aliphatic carbocycles. The largest absolute Gasteiger partial charge is 1.00 e. The molecule has 0 bridgehead atoms. The smallest absolute Gasteiger partial charge is 0.385 e. The van der Waals surface area contributed by atoms with Gasteiger partial charge in [-0.15, -0.1) is 0 Å². The van der Waals surface area contributed by atoms with E-state index in [1.54, 1.807) is 0 Å². The van der Waals surface area contributed by atoms with Crippen molar-refractivity contribution in [1.82, 2.24) is 0 Å². The van der Waals surface area contributed by atoms with Gasteiger partial charge in [0, 0.05) is 30.9 Å². The minimum Gasteiger partial charge on any atom is -1.00 e. The van der Waals surface area contributed by atoms with Crippen LogP contribution in [0.1, 0.15) is 32.1 Å². The zero-order chi connectivity index (χ0) is 11.4. The van der Waals surface area contributed by atoms with Gasteiger partial charge < -0.3 is 17.3 Å². The SMILES string of the molecule is CN(c1ccc([N+]#N)cc1)C1CCCCC1.[Cl-]. The van der Waals surface area contributed by atoms with Crippen molar-refractivity contribution in [2.75, 3.05) is 11.9 Å². The molecule has 0 aromatic heterocycles. The Morgan fingerprint density at radius 2 is 1.71 bits per heavy atom. The molecule has 0 N–H and O–H groups in total. The van der Waals surface area contributed by atoms with Crippen LogP contribution in [0.25, 0.3) is 4.98 Å². The first-order valence-electron chi connectivity index (χ1n) is 5.99. The summed E-state index contributed by atoms with van der Waals surface area (Å²) in [7, 11) is 2.15. The Kier molecular flexibility index (Phi) is 5.24. The van der Waals surface area contributed by atoms with Gasteiger partial charge in [0.25, 0.3) is 0 Å². The summed E-state index contributed by atoms with van der Waals surface area (Å²) < 4.78 is 0. The van der Waals surface area contributed by atoms with Crippen molar-refractivity contribution in [3.05, 3.63) is 29.2 Å². The van der Waals surface area contributed by atoms with Crippen LogP contribution in [0.4, 0.5) is 11.4 Å². The lowest BCUT2D eigenvalue weighted by Gasteiger charge is -2.32. The highest BCUT2D eigenvalue weighted by atomic mass is 35.5. The van der Waals surface area contributed by atoms with Crippen LogP contribution in [0.15, 0.2) is 24.3 Å². The Balaban J connectivity index is 0.00000144. The Hall–Kier alpha value is -1.27. The number of nitrogens with zero attached hydrogens (tertiary/aromatic N) is 3. The Morgan fingerprint density at radius 1 is 1.12 bits per heavy atom. The van der Waals surface area contributed by atoms with Gasteiger partial charge in [0.05, 0.1) is 0 Å². The van der Waals surface area contributed by atoms with Crippen molar-refractivity contribution in [2.45, 2.75) is 38.1 Å². The van der Waals surface area contributed by atoms with E-state index in [4.69, 9.17) is 5.39 Å². The quantitative estimate of drug-likeness (QED) is 0.733. The van der Waals surface area contributed by atoms with Gasteiger partial charge in [0.15, 0.2) is 4.98 Å². The molecule has 0 unspecified atom stereocenters. The van der Waals surface area contributed by atoms with E-state index in [9.17, 15) is 0 Å². The maximum Gasteiger partial charge on any atom is 0.385 e. The highest BCUT2D eigenvalue weighted by molar-refractivity contribution is 5.55. The minimum atomic E-state index is 0. The average molecular weight is 252 g/mol. The molecule has 1 aliphatic rings. The van der Waals surface area contributed by atoms with Crippen molar-refractivity contribution in [3.8, 4) is 0 Å². The van der Waals surface area contributed by atoms with Gasteiger partial charge in [-0.05, 0) is 25.0 Å². The summed E-state index contributed by atoms with van der Waals surface area (Å²) in [6.07, 6.45) is 6.66. The van der Waals surface area contributed by atoms with Gasteiger partial charge >= 0.3 is 5.69 Å². The predicted molar refractivity (Wildman–Crippen MR) is 66.5 cm³/mol. The lowest BCUT2D eigenvalue weighted by atomic mass is 9.94. The number of benzene rings is 1. The van der Waals surface area contributed by atoms with Gasteiger partial charge in [-0.3, -0.25) is 0 Å². The van der Waals surface area contributed by atoms with E-state index in [2.05, 4.69) is 16.9 Å². The fourth-order valence-corrected chi connectivity index (χ4v) is 2.43. The third-order valence-electron chi connectivity index (χ3n) is 3.49. The maximum absolute atomic E-state index is 8.63. The van der Waals surface area contributed by atoms with Crippen molar-refractivity contribution in [2.24, 2.45) is 0 Å². The molecule has 1 saturated carbocycles. The summed E-state index contributed by atoms with van der Waals surface area (Å²) in [5, 5.41) is 8.63. The van der Waals surface area contributed by atoms with Crippen molar-refractivity contribution in [1.29, 1.82) is 5.39 Å². The first-order valence-corrected chi connectivity index (χ1v) is 5.99. The number of hydrogen-bond acceptors (Lipinski definition) is 2. The molecule has 92 valence electrons. The topological polar surface area (TPSA) is 31.4 Å². The molecule has 4 heteroatoms. The third-order valence-corrected chi connectivity index (χ3v) is 3.49. The van der Waals surface area contributed by atoms with E-state index in [1.165, 1.54) is 37.8 Å². The predicted octanol–water partition coefficient (Wildman–Crippen LogP) is 0.944. The molecule has 0 heterocycles. The monoisotopic (exact) mass is 251 g/mol. The van der Waals surface area contributed by atoms with E-state index in [-0.39, 0.29) is 12.4 Å². The second-order valence-corrected chi connectivity index (χ2v) is 4.52. The second-order valence-electron chi connectivity index (χ2n) is 4.52. The summed E-state index contributed by atoms with van der Waals surface area (Å²) in [4.78, 5) is 5.51. The van der Waals surface area contributed by atoms with E-state index in [0.29, 0.717) is 11.7 Å². The fraction of sp³-hybridized carbons (Fsp3) is 0.538. The Bertz CT molecular complexity index is 377. The first kappa shape index (κ1) is 13.8. The molecule has 0 saturated heterocycles. The number of diazo groups is 1. The summed E-state index contributed by atoms with van der Waals surface area (Å²) in [5.74, 6) is 0. The number of rotatable bonds is 2. The normalized spacial score (nSPS) is 15.8. The molecule has 1 aromatic carbocycles. The lowest BCUT2D eigenvalue weighted by Crippen LogP contribution is -3.00. The molecular formula is C13H18ClN3. The summed E-state index contributed by atoms with van der Waals surface area (Å²) in [6.45, 7) is 0. The van der Waals surface area contributed by atoms with Crippen LogP contribution in [0.2, 0.25) is 0 Å². The van der Waals surface area contributed by atoms with Crippen LogP contribution >= 0.6 is 0 Å². The zero-order valence-corrected chi connectivity index (χ0v) is 10.9. The van der Waals surface area contributed by atoms with Gasteiger partial charge in [0.2, 0.25) is 5.39 Å². The van der Waals surface area contributed by atoms with E-state index >= 15 is 0 Å². The van der Waals surface area contributed by atoms with Crippen molar-refractivity contribution >= 4 is 11.4 Å². The Morgan fingerprint density at radius 3 is 2.24 bits per heavy atom. The highest BCUT2D eigenvalue weighted by Crippen LogP contribution is 2.27. The van der Waals surface area contributed by atoms with E-state index in [1.807, 2.05) is 24.3 Å². The Labute approximate surface area is 109 Å². The van der Waals surface area contributed by atoms with E-state index < -0.39 is 0 Å². The molecule has 0 spiro atoms. The summed E-state index contributed by atoms with van der Waals surface area (Å²) in [5.41, 5.74) is 1.82. The van der Waals surface area contributed by atoms with Gasteiger partial charge in [-0.2, -0.15) is 0 Å². The molecule has 1 fully saturated rings. The minimum absolute atomic E-state index is 0. The number of halogens is 1. The van der Waals surface area contributed by atoms with Crippen LogP contribution in [0, 0.1) is 5.39 Å². The van der Waals surface area contributed by atoms with Gasteiger partial charge in [-0.1, -0.05) is 19.3 Å². The second kappa shape index (κ2) is 6.46. The number of hydrogen-bond donors (Lipinski definition) is 0. The third kappa shape index (κ3) is 3.34. The van der Waals surface area contributed by atoms with Gasteiger partial charge in [-0.25, -0.2) is 0 Å². The van der Waals surface area contributed by atoms with Crippen molar-refractivity contribution in [3.63, 3.8) is 0 Å². The van der Waals surface area contributed by atoms with Crippen LogP contribution < -0.4 is 17.3 Å². The van der Waals surface area contributed by atoms with Crippen LogP contribution in [0.5, 0.6) is 0 Å². The molecule has 2 rings (SSSR count). The molecule has 3 nitrogen and oxygen atoms in total. The molecule has 0 aliphatic heterocycles. The van der Waals surface area contributed by atoms with Crippen LogP contribution in [0.3, 0.4) is 0 Å². The standard InChI is InChI=1S/C13H18N3.ClH/c1-16(12-5-3-2-4-6-12)13-9-7-11(15-14)8-10-13;/h7-10,12H,2-6H2,1H3;1H/q+1;/p-1. The molecule has 0 radical (unpaired) electrons. The molecule has 0 atom stereocenters. The summed E-state index contributed by atoms with van der Waals surface area (Å²) >= 11 is 0. The zero-order valence-electron chi connectivity index (χ0n) is 10.1. The number of anilines is 1. The highest BCUT2D eigenvalue weighted by Gasteiger charge is 2.18.